The van der Waals surface area contributed by atoms with E-state index in [0.717, 1.165) is 4.57 Å². The van der Waals surface area contributed by atoms with E-state index in [2.05, 4.69) is 24.9 Å². The maximum absolute atomic E-state index is 13.1. The van der Waals surface area contributed by atoms with Crippen LogP contribution in [0.15, 0.2) is 22.2 Å². The minimum atomic E-state index is -4.68. The Morgan fingerprint density at radius 1 is 1.02 bits per heavy atom. The van der Waals surface area contributed by atoms with Crippen molar-refractivity contribution in [1.82, 2.24) is 34.1 Å². The molecule has 0 amide bonds. The summed E-state index contributed by atoms with van der Waals surface area (Å²) in [5.74, 6) is -0.278. The van der Waals surface area contributed by atoms with Gasteiger partial charge in [-0.25, -0.2) is 19.3 Å². The van der Waals surface area contributed by atoms with E-state index in [4.69, 9.17) is 39.5 Å². The number of aromatic amines is 1. The predicted molar refractivity (Wildman–Crippen MR) is 143 cm³/mol. The topological polar surface area (TPSA) is 256 Å². The minimum Gasteiger partial charge on any atom is -0.379 e. The number of fused-ring (bicyclic) bond motifs is 1. The van der Waals surface area contributed by atoms with Crippen molar-refractivity contribution in [3.63, 3.8) is 0 Å². The number of rotatable bonds is 12. The zero-order valence-corrected chi connectivity index (χ0v) is 23.7. The summed E-state index contributed by atoms with van der Waals surface area (Å²) in [5, 5.41) is 0. The van der Waals surface area contributed by atoms with Crippen molar-refractivity contribution in [2.24, 2.45) is 0 Å². The van der Waals surface area contributed by atoms with E-state index in [1.165, 1.54) is 12.7 Å². The Morgan fingerprint density at radius 3 is 2.43 bits per heavy atom. The van der Waals surface area contributed by atoms with E-state index in [1.54, 1.807) is 18.4 Å². The molecule has 3 aromatic rings. The Balaban J connectivity index is 1.26. The van der Waals surface area contributed by atoms with Gasteiger partial charge in [-0.3, -0.25) is 28.0 Å². The van der Waals surface area contributed by atoms with Gasteiger partial charge < -0.3 is 35.3 Å². The number of nitrogens with zero attached hydrogens (tertiary/aromatic N) is 6. The highest BCUT2D eigenvalue weighted by atomic mass is 31.2. The van der Waals surface area contributed by atoms with Crippen LogP contribution in [-0.2, 0) is 32.6 Å². The van der Waals surface area contributed by atoms with Crippen molar-refractivity contribution in [1.29, 1.82) is 0 Å². The lowest BCUT2D eigenvalue weighted by molar-refractivity contribution is -0.0704. The second kappa shape index (κ2) is 12.5. The summed E-state index contributed by atoms with van der Waals surface area (Å²) < 4.78 is 49.7. The second-order valence-electron chi connectivity index (χ2n) is 9.47. The van der Waals surface area contributed by atoms with Gasteiger partial charge in [0.05, 0.1) is 25.6 Å². The van der Waals surface area contributed by atoms with Crippen molar-refractivity contribution in [3.8, 4) is 0 Å². The molecule has 6 N–H and O–H groups in total. The highest BCUT2D eigenvalue weighted by Crippen LogP contribution is 2.49. The van der Waals surface area contributed by atoms with Gasteiger partial charge in [0.2, 0.25) is 11.9 Å². The molecule has 19 nitrogen and oxygen atoms in total. The zero-order valence-electron chi connectivity index (χ0n) is 22.8. The Labute approximate surface area is 237 Å². The van der Waals surface area contributed by atoms with Crippen molar-refractivity contribution < 1.29 is 37.5 Å². The molecule has 2 aliphatic rings. The maximum Gasteiger partial charge on any atom is 0.472 e. The van der Waals surface area contributed by atoms with E-state index >= 15 is 0 Å². The van der Waals surface area contributed by atoms with Crippen LogP contribution in [0, 0.1) is 0 Å². The van der Waals surface area contributed by atoms with Crippen LogP contribution in [-0.4, -0.2) is 89.8 Å². The third-order valence-corrected chi connectivity index (χ3v) is 7.73. The number of hydrogen-bond donors (Lipinski definition) is 4. The number of aromatic nitrogens is 7. The van der Waals surface area contributed by atoms with E-state index < -0.39 is 55.9 Å². The van der Waals surface area contributed by atoms with Gasteiger partial charge >= 0.3 is 13.5 Å². The number of phosphoric ester groups is 1. The minimum absolute atomic E-state index is 0.00533. The van der Waals surface area contributed by atoms with Crippen molar-refractivity contribution in [3.05, 3.63) is 33.5 Å². The summed E-state index contributed by atoms with van der Waals surface area (Å²) >= 11 is 0. The summed E-state index contributed by atoms with van der Waals surface area (Å²) in [6.45, 7) is 3.94. The molecule has 2 aliphatic heterocycles. The van der Waals surface area contributed by atoms with Gasteiger partial charge in [0.25, 0.3) is 5.56 Å². The van der Waals surface area contributed by atoms with Crippen molar-refractivity contribution in [2.75, 3.05) is 37.9 Å². The molecule has 2 fully saturated rings. The van der Waals surface area contributed by atoms with Gasteiger partial charge in [-0.1, -0.05) is 0 Å². The molecule has 0 radical (unpaired) electrons. The lowest BCUT2D eigenvalue weighted by Gasteiger charge is -2.23. The molecule has 0 bridgehead atoms. The summed E-state index contributed by atoms with van der Waals surface area (Å²) in [7, 11) is -4.68. The maximum atomic E-state index is 13.1. The first-order valence-corrected chi connectivity index (χ1v) is 14.7. The van der Waals surface area contributed by atoms with Crippen LogP contribution >= 0.6 is 7.82 Å². The Hall–Kier alpha value is -3.29. The number of hydrogen-bond acceptors (Lipinski definition) is 15. The third-order valence-electron chi connectivity index (χ3n) is 6.72. The van der Waals surface area contributed by atoms with Crippen LogP contribution < -0.4 is 22.7 Å². The average Bonchev–Trinajstić information content (AvgIpc) is 3.63. The monoisotopic (exact) mass is 613 g/mol. The summed E-state index contributed by atoms with van der Waals surface area (Å²) in [6.07, 6.45) is -1.77. The normalized spacial score (nSPS) is 27.5. The molecule has 42 heavy (non-hydrogen) atoms. The Morgan fingerprint density at radius 2 is 1.71 bits per heavy atom. The van der Waals surface area contributed by atoms with Crippen LogP contribution in [0.4, 0.5) is 11.9 Å². The number of imidazole rings is 1. The molecule has 7 atom stereocenters. The fraction of sp³-hybridized carbons (Fsp3) is 0.636. The number of phosphoric acid groups is 1. The van der Waals surface area contributed by atoms with Crippen molar-refractivity contribution in [2.45, 2.75) is 63.6 Å². The lowest BCUT2D eigenvalue weighted by Crippen LogP contribution is -2.31. The van der Waals surface area contributed by atoms with Gasteiger partial charge in [-0.15, -0.1) is 0 Å². The van der Waals surface area contributed by atoms with Gasteiger partial charge in [0.15, 0.2) is 11.2 Å². The molecular weight excluding hydrogens is 581 g/mol. The molecule has 2 saturated heterocycles. The number of H-pyrrole nitrogens is 1. The Bertz CT molecular complexity index is 1560. The molecule has 3 aromatic heterocycles. The van der Waals surface area contributed by atoms with Crippen molar-refractivity contribution >= 4 is 30.9 Å². The smallest absolute Gasteiger partial charge is 0.379 e. The quantitative estimate of drug-likeness (QED) is 0.187. The van der Waals surface area contributed by atoms with E-state index in [9.17, 15) is 19.0 Å². The van der Waals surface area contributed by atoms with E-state index in [1.807, 2.05) is 0 Å². The number of nitrogens with one attached hydrogen (secondary N) is 1. The lowest BCUT2D eigenvalue weighted by atomic mass is 10.2. The molecule has 230 valence electrons. The first-order chi connectivity index (χ1) is 20.1. The van der Waals surface area contributed by atoms with Gasteiger partial charge in [-0.05, 0) is 13.8 Å². The molecule has 0 aromatic carbocycles. The van der Waals surface area contributed by atoms with Crippen LogP contribution in [0.3, 0.4) is 0 Å². The van der Waals surface area contributed by atoms with Gasteiger partial charge in [-0.2, -0.15) is 9.97 Å². The SMILES string of the molecule is CCOC[C@H]1O[C@@H](n2cnc(N)nc2=O)C[C@H]1OP(=O)(O)OC[C@H]1O[C@@H](n2cnc3c(=O)[nH]c(N)nc32)CC1OCC. The highest BCUT2D eigenvalue weighted by molar-refractivity contribution is 7.47. The first-order valence-electron chi connectivity index (χ1n) is 13.2. The summed E-state index contributed by atoms with van der Waals surface area (Å²) in [5.41, 5.74) is 10.3. The van der Waals surface area contributed by atoms with Crippen LogP contribution in [0.5, 0.6) is 0 Å². The second-order valence-corrected chi connectivity index (χ2v) is 10.9. The van der Waals surface area contributed by atoms with Crippen LogP contribution in [0.25, 0.3) is 11.2 Å². The molecule has 0 spiro atoms. The molecular formula is C22H32N9O10P. The Kier molecular flexibility index (Phi) is 9.00. The number of nitrogen functional groups attached to an aromatic ring is 2. The molecule has 0 aliphatic carbocycles. The fourth-order valence-corrected chi connectivity index (χ4v) is 5.81. The standard InChI is InChI=1S/C22H32N9O10P/c1-3-36-7-13-12(6-16(39-13)31-10-26-20(23)29-22(31)33)41-42(34,35)38-8-14-11(37-4-2)5-15(40-14)30-9-25-17-18(30)27-21(24)28-19(17)32/h9-16H,3-8H2,1-2H3,(H,34,35)(H2,23,29,33)(H3,24,27,28,32)/t11?,12-,13-,14-,15-,16-/m1/s1. The molecule has 2 unspecified atom stereocenters. The van der Waals surface area contributed by atoms with Crippen LogP contribution in [0.1, 0.15) is 39.1 Å². The first kappa shape index (κ1) is 30.2. The molecule has 5 heterocycles. The summed E-state index contributed by atoms with van der Waals surface area (Å²) in [6, 6.07) is 0. The van der Waals surface area contributed by atoms with Crippen LogP contribution in [0.2, 0.25) is 0 Å². The summed E-state index contributed by atoms with van der Waals surface area (Å²) in [4.78, 5) is 53.1. The molecule has 0 saturated carbocycles. The third kappa shape index (κ3) is 6.52. The number of ether oxygens (including phenoxy) is 4. The zero-order chi connectivity index (χ0) is 30.0. The molecule has 20 heteroatoms. The number of anilines is 2. The van der Waals surface area contributed by atoms with Gasteiger partial charge in [0.1, 0.15) is 37.1 Å². The van der Waals surface area contributed by atoms with E-state index in [-0.39, 0.29) is 42.7 Å². The van der Waals surface area contributed by atoms with Gasteiger partial charge in [0, 0.05) is 26.1 Å². The molecule has 5 rings (SSSR count). The fourth-order valence-electron chi connectivity index (χ4n) is 4.85. The highest BCUT2D eigenvalue weighted by Gasteiger charge is 2.44. The van der Waals surface area contributed by atoms with E-state index in [0.29, 0.717) is 19.6 Å². The number of nitrogens with two attached hydrogens (primary N) is 2. The predicted octanol–water partition coefficient (Wildman–Crippen LogP) is -0.545. The largest absolute Gasteiger partial charge is 0.472 e. The average molecular weight is 614 g/mol.